The Balaban J connectivity index is 1.85. The van der Waals surface area contributed by atoms with E-state index in [0.29, 0.717) is 23.0 Å². The van der Waals surface area contributed by atoms with Gasteiger partial charge in [-0.05, 0) is 48.2 Å². The molecule has 3 rings (SSSR count). The second kappa shape index (κ2) is 7.84. The van der Waals surface area contributed by atoms with Crippen molar-refractivity contribution in [1.29, 1.82) is 0 Å². The number of hydrogen-bond donors (Lipinski definition) is 2. The van der Waals surface area contributed by atoms with Crippen LogP contribution in [0, 0.1) is 0 Å². The number of ether oxygens (including phenoxy) is 5. The quantitative estimate of drug-likeness (QED) is 0.794. The first kappa shape index (κ1) is 19.0. The Bertz CT molecular complexity index is 751. The number of benzene rings is 2. The van der Waals surface area contributed by atoms with Gasteiger partial charge in [0.1, 0.15) is 0 Å². The summed E-state index contributed by atoms with van der Waals surface area (Å²) < 4.78 is 27.1. The molecule has 0 unspecified atom stereocenters. The van der Waals surface area contributed by atoms with Crippen molar-refractivity contribution in [3.63, 3.8) is 0 Å². The highest BCUT2D eigenvalue weighted by Gasteiger charge is 2.30. The molecule has 0 spiro atoms. The van der Waals surface area contributed by atoms with Gasteiger partial charge < -0.3 is 33.9 Å². The van der Waals surface area contributed by atoms with Crippen LogP contribution in [-0.4, -0.2) is 38.7 Å². The fourth-order valence-corrected chi connectivity index (χ4v) is 3.43. The number of rotatable bonds is 6. The standard InChI is InChI=1S/C20H24O7/c1-23-17-9-11(7-13(21)19(17)25-3)15-5-6-16(27-15)12-8-14(22)20(26-4)18(10-12)24-2/h7-10,15-16,21-22H,5-6H2,1-4H3/t15-,16-/m1/s1. The lowest BCUT2D eigenvalue weighted by atomic mass is 10.0. The van der Waals surface area contributed by atoms with E-state index >= 15 is 0 Å². The Kier molecular flexibility index (Phi) is 5.51. The summed E-state index contributed by atoms with van der Waals surface area (Å²) in [5.74, 6) is 1.48. The summed E-state index contributed by atoms with van der Waals surface area (Å²) in [5.41, 5.74) is 1.61. The topological polar surface area (TPSA) is 86.6 Å². The van der Waals surface area contributed by atoms with Gasteiger partial charge in [0.05, 0.1) is 40.6 Å². The molecule has 2 N–H and O–H groups in total. The minimum Gasteiger partial charge on any atom is -0.504 e. The van der Waals surface area contributed by atoms with Crippen LogP contribution >= 0.6 is 0 Å². The highest BCUT2D eigenvalue weighted by Crippen LogP contribution is 2.47. The van der Waals surface area contributed by atoms with Gasteiger partial charge in [0.15, 0.2) is 23.0 Å². The van der Waals surface area contributed by atoms with E-state index in [0.717, 1.165) is 24.0 Å². The first-order chi connectivity index (χ1) is 13.0. The van der Waals surface area contributed by atoms with Crippen LogP contribution in [0.15, 0.2) is 24.3 Å². The van der Waals surface area contributed by atoms with E-state index in [1.807, 2.05) is 0 Å². The van der Waals surface area contributed by atoms with Crippen LogP contribution in [0.3, 0.4) is 0 Å². The van der Waals surface area contributed by atoms with Crippen molar-refractivity contribution in [3.05, 3.63) is 35.4 Å². The molecule has 146 valence electrons. The predicted molar refractivity (Wildman–Crippen MR) is 98.2 cm³/mol. The fourth-order valence-electron chi connectivity index (χ4n) is 3.43. The van der Waals surface area contributed by atoms with Crippen molar-refractivity contribution >= 4 is 0 Å². The Labute approximate surface area is 158 Å². The number of phenolic OH excluding ortho intramolecular Hbond substituents is 2. The zero-order valence-electron chi connectivity index (χ0n) is 15.8. The van der Waals surface area contributed by atoms with Crippen molar-refractivity contribution < 1.29 is 33.9 Å². The maximum Gasteiger partial charge on any atom is 0.203 e. The van der Waals surface area contributed by atoms with E-state index in [4.69, 9.17) is 23.7 Å². The Hall–Kier alpha value is -2.80. The van der Waals surface area contributed by atoms with Gasteiger partial charge in [-0.15, -0.1) is 0 Å². The van der Waals surface area contributed by atoms with Crippen molar-refractivity contribution in [2.45, 2.75) is 25.0 Å². The summed E-state index contributed by atoms with van der Waals surface area (Å²) in [4.78, 5) is 0. The third-order valence-corrected chi connectivity index (χ3v) is 4.73. The average molecular weight is 376 g/mol. The van der Waals surface area contributed by atoms with E-state index in [9.17, 15) is 10.2 Å². The van der Waals surface area contributed by atoms with Gasteiger partial charge in [0, 0.05) is 0 Å². The summed E-state index contributed by atoms with van der Waals surface area (Å²) in [5, 5.41) is 20.4. The molecule has 1 heterocycles. The molecule has 1 aliphatic rings. The van der Waals surface area contributed by atoms with Crippen LogP contribution in [0.5, 0.6) is 34.5 Å². The summed E-state index contributed by atoms with van der Waals surface area (Å²) in [6, 6.07) is 6.86. The highest BCUT2D eigenvalue weighted by atomic mass is 16.5. The van der Waals surface area contributed by atoms with Gasteiger partial charge in [-0.3, -0.25) is 0 Å². The largest absolute Gasteiger partial charge is 0.504 e. The van der Waals surface area contributed by atoms with Gasteiger partial charge in [-0.2, -0.15) is 0 Å². The summed E-state index contributed by atoms with van der Waals surface area (Å²) in [6.07, 6.45) is 1.09. The Morgan fingerprint density at radius 3 is 1.44 bits per heavy atom. The van der Waals surface area contributed by atoms with E-state index in [2.05, 4.69) is 0 Å². The molecule has 2 aromatic carbocycles. The fraction of sp³-hybridized carbons (Fsp3) is 0.400. The zero-order chi connectivity index (χ0) is 19.6. The number of hydrogen-bond acceptors (Lipinski definition) is 7. The summed E-state index contributed by atoms with van der Waals surface area (Å²) in [6.45, 7) is 0. The Morgan fingerprint density at radius 2 is 1.11 bits per heavy atom. The molecule has 0 radical (unpaired) electrons. The van der Waals surface area contributed by atoms with Gasteiger partial charge >= 0.3 is 0 Å². The van der Waals surface area contributed by atoms with Gasteiger partial charge in [0.25, 0.3) is 0 Å². The van der Waals surface area contributed by atoms with Crippen molar-refractivity contribution in [2.75, 3.05) is 28.4 Å². The Morgan fingerprint density at radius 1 is 0.704 bits per heavy atom. The van der Waals surface area contributed by atoms with Crippen molar-refractivity contribution in [1.82, 2.24) is 0 Å². The smallest absolute Gasteiger partial charge is 0.203 e. The second-order valence-electron chi connectivity index (χ2n) is 6.24. The lowest BCUT2D eigenvalue weighted by Crippen LogP contribution is -2.02. The molecular formula is C20H24O7. The van der Waals surface area contributed by atoms with Gasteiger partial charge in [-0.1, -0.05) is 0 Å². The monoisotopic (exact) mass is 376 g/mol. The molecule has 2 atom stereocenters. The number of methoxy groups -OCH3 is 4. The molecular weight excluding hydrogens is 352 g/mol. The first-order valence-electron chi connectivity index (χ1n) is 8.57. The zero-order valence-corrected chi connectivity index (χ0v) is 15.8. The summed E-state index contributed by atoms with van der Waals surface area (Å²) >= 11 is 0. The average Bonchev–Trinajstić information content (AvgIpc) is 3.16. The van der Waals surface area contributed by atoms with Gasteiger partial charge in [0.2, 0.25) is 11.5 Å². The molecule has 0 bridgehead atoms. The maximum atomic E-state index is 10.2. The molecule has 27 heavy (non-hydrogen) atoms. The molecule has 0 aromatic heterocycles. The van der Waals surface area contributed by atoms with Crippen LogP contribution in [0.2, 0.25) is 0 Å². The van der Waals surface area contributed by atoms with E-state index in [1.165, 1.54) is 28.4 Å². The lowest BCUT2D eigenvalue weighted by molar-refractivity contribution is 0.0435. The number of phenols is 2. The lowest BCUT2D eigenvalue weighted by Gasteiger charge is -2.18. The van der Waals surface area contributed by atoms with Crippen LogP contribution in [0.25, 0.3) is 0 Å². The predicted octanol–water partition coefficient (Wildman–Crippen LogP) is 3.73. The van der Waals surface area contributed by atoms with E-state index in [1.54, 1.807) is 24.3 Å². The van der Waals surface area contributed by atoms with E-state index < -0.39 is 0 Å². The second-order valence-corrected chi connectivity index (χ2v) is 6.24. The third kappa shape index (κ3) is 3.55. The number of aromatic hydroxyl groups is 2. The molecule has 1 saturated heterocycles. The normalized spacial score (nSPS) is 19.0. The molecule has 7 nitrogen and oxygen atoms in total. The van der Waals surface area contributed by atoms with Crippen molar-refractivity contribution in [3.8, 4) is 34.5 Å². The van der Waals surface area contributed by atoms with Crippen molar-refractivity contribution in [2.24, 2.45) is 0 Å². The summed E-state index contributed by atoms with van der Waals surface area (Å²) in [7, 11) is 5.99. The molecule has 0 saturated carbocycles. The molecule has 1 aliphatic heterocycles. The molecule has 7 heteroatoms. The minimum absolute atomic E-state index is 0.00246. The third-order valence-electron chi connectivity index (χ3n) is 4.73. The SMILES string of the molecule is COc1cc([C@H]2CC[C@H](c3cc(O)c(OC)c(OC)c3)O2)cc(O)c1OC. The maximum absolute atomic E-state index is 10.2. The van der Waals surface area contributed by atoms with Crippen LogP contribution in [-0.2, 0) is 4.74 Å². The molecule has 0 amide bonds. The van der Waals surface area contributed by atoms with Gasteiger partial charge in [-0.25, -0.2) is 0 Å². The molecule has 1 fully saturated rings. The van der Waals surface area contributed by atoms with Crippen LogP contribution in [0.4, 0.5) is 0 Å². The first-order valence-corrected chi connectivity index (χ1v) is 8.57. The minimum atomic E-state index is -0.212. The molecule has 2 aromatic rings. The van der Waals surface area contributed by atoms with Crippen LogP contribution in [0.1, 0.15) is 36.2 Å². The van der Waals surface area contributed by atoms with Crippen LogP contribution < -0.4 is 18.9 Å². The highest BCUT2D eigenvalue weighted by molar-refractivity contribution is 5.54. The van der Waals surface area contributed by atoms with E-state index in [-0.39, 0.29) is 23.7 Å². The molecule has 0 aliphatic carbocycles.